The third kappa shape index (κ3) is 2.52. The molecule has 0 bridgehead atoms. The summed E-state index contributed by atoms with van der Waals surface area (Å²) < 4.78 is 5.25. The molecule has 0 aromatic heterocycles. The predicted molar refractivity (Wildman–Crippen MR) is 61.7 cm³/mol. The van der Waals surface area contributed by atoms with Gasteiger partial charge in [0.05, 0.1) is 6.04 Å². The van der Waals surface area contributed by atoms with E-state index in [9.17, 15) is 4.79 Å². The van der Waals surface area contributed by atoms with Gasteiger partial charge < -0.3 is 20.6 Å². The second kappa shape index (κ2) is 5.35. The maximum Gasteiger partial charge on any atom is 0.226 e. The van der Waals surface area contributed by atoms with Gasteiger partial charge in [-0.1, -0.05) is 5.16 Å². The largest absolute Gasteiger partial charge is 0.409 e. The lowest BCUT2D eigenvalue weighted by atomic mass is 9.98. The summed E-state index contributed by atoms with van der Waals surface area (Å²) in [4.78, 5) is 14.1. The number of nitrogens with zero attached hydrogens (tertiary/aromatic N) is 2. The van der Waals surface area contributed by atoms with E-state index in [-0.39, 0.29) is 23.7 Å². The molecule has 6 nitrogen and oxygen atoms in total. The number of rotatable bonds is 2. The summed E-state index contributed by atoms with van der Waals surface area (Å²) >= 11 is 0. The first-order valence-corrected chi connectivity index (χ1v) is 6.09. The molecular formula is C11H19N3O3. The maximum atomic E-state index is 12.3. The average molecular weight is 241 g/mol. The highest BCUT2D eigenvalue weighted by atomic mass is 16.5. The van der Waals surface area contributed by atoms with Crippen LogP contribution in [0.4, 0.5) is 0 Å². The summed E-state index contributed by atoms with van der Waals surface area (Å²) in [5.41, 5.74) is 5.62. The lowest BCUT2D eigenvalue weighted by Crippen LogP contribution is -2.47. The van der Waals surface area contributed by atoms with Gasteiger partial charge in [0, 0.05) is 25.7 Å². The van der Waals surface area contributed by atoms with Crippen molar-refractivity contribution in [3.8, 4) is 0 Å². The van der Waals surface area contributed by atoms with Crippen molar-refractivity contribution in [2.24, 2.45) is 16.8 Å². The molecule has 0 spiro atoms. The minimum atomic E-state index is -0.227. The molecule has 2 rings (SSSR count). The quantitative estimate of drug-likeness (QED) is 0.312. The van der Waals surface area contributed by atoms with Gasteiger partial charge in [0.1, 0.15) is 0 Å². The second-order valence-corrected chi connectivity index (χ2v) is 4.60. The van der Waals surface area contributed by atoms with Crippen LogP contribution in [0.5, 0.6) is 0 Å². The van der Waals surface area contributed by atoms with Crippen molar-refractivity contribution >= 4 is 11.7 Å². The van der Waals surface area contributed by atoms with Crippen LogP contribution < -0.4 is 5.73 Å². The monoisotopic (exact) mass is 241 g/mol. The van der Waals surface area contributed by atoms with E-state index in [1.165, 1.54) is 0 Å². The van der Waals surface area contributed by atoms with Gasteiger partial charge in [0.25, 0.3) is 0 Å². The number of amidine groups is 1. The van der Waals surface area contributed by atoms with Gasteiger partial charge in [-0.25, -0.2) is 0 Å². The van der Waals surface area contributed by atoms with Crippen molar-refractivity contribution in [3.05, 3.63) is 0 Å². The van der Waals surface area contributed by atoms with E-state index in [4.69, 9.17) is 15.7 Å². The van der Waals surface area contributed by atoms with Crippen molar-refractivity contribution in [2.75, 3.05) is 19.8 Å². The molecule has 1 amide bonds. The number of nitrogens with two attached hydrogens (primary N) is 1. The third-order valence-corrected chi connectivity index (χ3v) is 3.56. The van der Waals surface area contributed by atoms with Crippen LogP contribution in [0.1, 0.15) is 25.7 Å². The Morgan fingerprint density at radius 3 is 2.71 bits per heavy atom. The lowest BCUT2D eigenvalue weighted by molar-refractivity contribution is -0.138. The Labute approximate surface area is 100 Å². The van der Waals surface area contributed by atoms with E-state index in [2.05, 4.69) is 5.16 Å². The molecule has 1 unspecified atom stereocenters. The molecule has 2 heterocycles. The Balaban J connectivity index is 2.02. The molecule has 2 aliphatic rings. The topological polar surface area (TPSA) is 88.2 Å². The molecule has 0 aromatic rings. The number of hydrogen-bond donors (Lipinski definition) is 2. The Morgan fingerprint density at radius 2 is 2.06 bits per heavy atom. The van der Waals surface area contributed by atoms with Crippen molar-refractivity contribution in [1.29, 1.82) is 0 Å². The summed E-state index contributed by atoms with van der Waals surface area (Å²) in [6.07, 6.45) is 3.25. The molecule has 96 valence electrons. The molecule has 0 radical (unpaired) electrons. The van der Waals surface area contributed by atoms with Crippen LogP contribution in [0.2, 0.25) is 0 Å². The maximum absolute atomic E-state index is 12.3. The molecule has 1 atom stereocenters. The summed E-state index contributed by atoms with van der Waals surface area (Å²) in [7, 11) is 0. The molecule has 6 heteroatoms. The predicted octanol–water partition coefficient (Wildman–Crippen LogP) is 0.150. The number of hydrogen-bond acceptors (Lipinski definition) is 4. The van der Waals surface area contributed by atoms with E-state index < -0.39 is 0 Å². The number of carbonyl (C=O) groups is 1. The standard InChI is InChI=1S/C11H19N3O3/c12-10(13-16)9-2-1-5-14(9)11(15)8-3-6-17-7-4-8/h8-9,16H,1-7H2,(H2,12,13). The summed E-state index contributed by atoms with van der Waals surface area (Å²) in [6, 6.07) is -0.227. The van der Waals surface area contributed by atoms with E-state index in [1.807, 2.05) is 0 Å². The molecule has 0 saturated carbocycles. The van der Waals surface area contributed by atoms with Crippen LogP contribution in [0.15, 0.2) is 5.16 Å². The zero-order chi connectivity index (χ0) is 12.3. The molecule has 2 fully saturated rings. The number of ether oxygens (including phenoxy) is 1. The molecular weight excluding hydrogens is 222 g/mol. The molecule has 0 aromatic carbocycles. The molecule has 3 N–H and O–H groups in total. The lowest BCUT2D eigenvalue weighted by Gasteiger charge is -2.29. The Morgan fingerprint density at radius 1 is 1.35 bits per heavy atom. The van der Waals surface area contributed by atoms with Gasteiger partial charge in [0.15, 0.2) is 5.84 Å². The Hall–Kier alpha value is -1.30. The van der Waals surface area contributed by atoms with Gasteiger partial charge in [-0.05, 0) is 25.7 Å². The fourth-order valence-electron chi connectivity index (χ4n) is 2.58. The highest BCUT2D eigenvalue weighted by molar-refractivity contribution is 5.91. The second-order valence-electron chi connectivity index (χ2n) is 4.60. The smallest absolute Gasteiger partial charge is 0.226 e. The Kier molecular flexibility index (Phi) is 3.83. The minimum Gasteiger partial charge on any atom is -0.409 e. The van der Waals surface area contributed by atoms with Crippen molar-refractivity contribution in [1.82, 2.24) is 4.90 Å². The SMILES string of the molecule is NC(=NO)C1CCCN1C(=O)C1CCOCC1. The van der Waals surface area contributed by atoms with Gasteiger partial charge in [-0.3, -0.25) is 4.79 Å². The molecule has 0 aliphatic carbocycles. The minimum absolute atomic E-state index is 0.0378. The van der Waals surface area contributed by atoms with E-state index in [0.29, 0.717) is 19.8 Å². The summed E-state index contributed by atoms with van der Waals surface area (Å²) in [6.45, 7) is 2.01. The van der Waals surface area contributed by atoms with Crippen LogP contribution in [0.3, 0.4) is 0 Å². The first-order valence-electron chi connectivity index (χ1n) is 6.09. The van der Waals surface area contributed by atoms with Crippen LogP contribution >= 0.6 is 0 Å². The van der Waals surface area contributed by atoms with E-state index >= 15 is 0 Å². The Bertz CT molecular complexity index is 313. The third-order valence-electron chi connectivity index (χ3n) is 3.56. The van der Waals surface area contributed by atoms with E-state index in [1.54, 1.807) is 4.90 Å². The normalized spacial score (nSPS) is 27.4. The zero-order valence-electron chi connectivity index (χ0n) is 9.84. The molecule has 2 saturated heterocycles. The van der Waals surface area contributed by atoms with Gasteiger partial charge in [0.2, 0.25) is 5.91 Å². The number of likely N-dealkylation sites (tertiary alicyclic amines) is 1. The number of oxime groups is 1. The highest BCUT2D eigenvalue weighted by Crippen LogP contribution is 2.24. The van der Waals surface area contributed by atoms with Crippen LogP contribution in [0.25, 0.3) is 0 Å². The molecule has 2 aliphatic heterocycles. The van der Waals surface area contributed by atoms with E-state index in [0.717, 1.165) is 25.7 Å². The number of amides is 1. The fraction of sp³-hybridized carbons (Fsp3) is 0.818. The van der Waals surface area contributed by atoms with Crippen molar-refractivity contribution < 1.29 is 14.7 Å². The van der Waals surface area contributed by atoms with Gasteiger partial charge >= 0.3 is 0 Å². The van der Waals surface area contributed by atoms with Crippen LogP contribution in [-0.4, -0.2) is 47.7 Å². The number of carbonyl (C=O) groups excluding carboxylic acids is 1. The fourth-order valence-corrected chi connectivity index (χ4v) is 2.58. The summed E-state index contributed by atoms with van der Waals surface area (Å²) in [5, 5.41) is 11.7. The van der Waals surface area contributed by atoms with Crippen molar-refractivity contribution in [3.63, 3.8) is 0 Å². The van der Waals surface area contributed by atoms with Crippen molar-refractivity contribution in [2.45, 2.75) is 31.7 Å². The first kappa shape index (κ1) is 12.2. The zero-order valence-corrected chi connectivity index (χ0v) is 9.84. The van der Waals surface area contributed by atoms with Crippen LogP contribution in [-0.2, 0) is 9.53 Å². The van der Waals surface area contributed by atoms with Gasteiger partial charge in [-0.15, -0.1) is 0 Å². The first-order chi connectivity index (χ1) is 8.24. The highest BCUT2D eigenvalue weighted by Gasteiger charge is 2.35. The summed E-state index contributed by atoms with van der Waals surface area (Å²) in [5.74, 6) is 0.307. The molecule has 17 heavy (non-hydrogen) atoms. The van der Waals surface area contributed by atoms with Crippen LogP contribution in [0, 0.1) is 5.92 Å². The average Bonchev–Trinajstić information content (AvgIpc) is 2.87. The van der Waals surface area contributed by atoms with Gasteiger partial charge in [-0.2, -0.15) is 0 Å².